The third-order valence-electron chi connectivity index (χ3n) is 2.45. The van der Waals surface area contributed by atoms with E-state index in [9.17, 15) is 0 Å². The summed E-state index contributed by atoms with van der Waals surface area (Å²) in [7, 11) is 1.86. The number of aromatic nitrogens is 3. The number of benzene rings is 1. The largest absolute Gasteiger partial charge is 0.328 e. The molecule has 2 rings (SSSR count). The van der Waals surface area contributed by atoms with Crippen LogP contribution >= 0.6 is 23.4 Å². The van der Waals surface area contributed by atoms with Gasteiger partial charge in [0.15, 0.2) is 5.16 Å². The summed E-state index contributed by atoms with van der Waals surface area (Å²) in [6, 6.07) is 5.97. The summed E-state index contributed by atoms with van der Waals surface area (Å²) >= 11 is 7.78. The Labute approximate surface area is 116 Å². The first-order valence-electron chi connectivity index (χ1n) is 5.62. The lowest BCUT2D eigenvalue weighted by atomic mass is 10.1. The van der Waals surface area contributed by atoms with E-state index in [0.717, 1.165) is 27.1 Å². The van der Waals surface area contributed by atoms with Crippen LogP contribution in [0.15, 0.2) is 34.6 Å². The summed E-state index contributed by atoms with van der Waals surface area (Å²) in [5.74, 6) is 0. The van der Waals surface area contributed by atoms with Crippen LogP contribution in [-0.2, 0) is 13.5 Å². The second-order valence-electron chi connectivity index (χ2n) is 4.18. The first kappa shape index (κ1) is 13.4. The van der Waals surface area contributed by atoms with E-state index in [4.69, 9.17) is 17.3 Å². The van der Waals surface area contributed by atoms with E-state index in [1.165, 1.54) is 18.1 Å². The molecule has 0 bridgehead atoms. The van der Waals surface area contributed by atoms with Crippen molar-refractivity contribution in [2.75, 3.05) is 0 Å². The highest BCUT2D eigenvalue weighted by Crippen LogP contribution is 2.35. The van der Waals surface area contributed by atoms with Gasteiger partial charge in [0.1, 0.15) is 6.33 Å². The molecular formula is C12H15ClN4S. The summed E-state index contributed by atoms with van der Waals surface area (Å²) < 4.78 is 1.73. The van der Waals surface area contributed by atoms with Gasteiger partial charge in [0, 0.05) is 18.0 Å². The Morgan fingerprint density at radius 1 is 1.50 bits per heavy atom. The number of halogens is 1. The number of nitrogens with two attached hydrogens (primary N) is 1. The monoisotopic (exact) mass is 282 g/mol. The summed E-state index contributed by atoms with van der Waals surface area (Å²) in [4.78, 5) is 5.20. The van der Waals surface area contributed by atoms with Crippen LogP contribution in [0.4, 0.5) is 0 Å². The Balaban J connectivity index is 2.34. The molecule has 0 amide bonds. The second kappa shape index (κ2) is 5.73. The molecule has 18 heavy (non-hydrogen) atoms. The quantitative estimate of drug-likeness (QED) is 0.936. The average Bonchev–Trinajstić information content (AvgIpc) is 2.68. The number of hydrogen-bond donors (Lipinski definition) is 1. The van der Waals surface area contributed by atoms with Crippen LogP contribution in [0.25, 0.3) is 0 Å². The molecule has 0 aliphatic heterocycles. The fourth-order valence-corrected chi connectivity index (χ4v) is 2.86. The SMILES string of the molecule is CC(N)Cc1cccc(Cl)c1Sc1ncnn1C. The highest BCUT2D eigenvalue weighted by molar-refractivity contribution is 7.99. The minimum absolute atomic E-state index is 0.0994. The van der Waals surface area contributed by atoms with E-state index < -0.39 is 0 Å². The molecule has 1 aromatic heterocycles. The molecule has 1 atom stereocenters. The van der Waals surface area contributed by atoms with Crippen molar-refractivity contribution in [3.05, 3.63) is 35.1 Å². The molecule has 1 heterocycles. The highest BCUT2D eigenvalue weighted by Gasteiger charge is 2.12. The van der Waals surface area contributed by atoms with Crippen LogP contribution in [0.5, 0.6) is 0 Å². The van der Waals surface area contributed by atoms with Gasteiger partial charge in [0.2, 0.25) is 0 Å². The Hall–Kier alpha value is -1.04. The molecule has 2 N–H and O–H groups in total. The fraction of sp³-hybridized carbons (Fsp3) is 0.333. The number of nitrogens with zero attached hydrogens (tertiary/aromatic N) is 3. The molecule has 1 aromatic carbocycles. The van der Waals surface area contributed by atoms with Crippen LogP contribution in [0.3, 0.4) is 0 Å². The van der Waals surface area contributed by atoms with E-state index >= 15 is 0 Å². The Kier molecular flexibility index (Phi) is 4.27. The first-order chi connectivity index (χ1) is 8.58. The maximum absolute atomic E-state index is 6.26. The number of hydrogen-bond acceptors (Lipinski definition) is 4. The van der Waals surface area contributed by atoms with Gasteiger partial charge in [-0.3, -0.25) is 0 Å². The Bertz CT molecular complexity index is 539. The van der Waals surface area contributed by atoms with E-state index in [-0.39, 0.29) is 6.04 Å². The predicted octanol–water partition coefficient (Wildman–Crippen LogP) is 2.51. The molecule has 0 spiro atoms. The molecule has 6 heteroatoms. The zero-order chi connectivity index (χ0) is 13.1. The van der Waals surface area contributed by atoms with E-state index in [1.807, 2.05) is 32.2 Å². The van der Waals surface area contributed by atoms with Gasteiger partial charge in [-0.05, 0) is 36.7 Å². The summed E-state index contributed by atoms with van der Waals surface area (Å²) in [5, 5.41) is 5.59. The molecule has 0 aliphatic rings. The zero-order valence-corrected chi connectivity index (χ0v) is 11.9. The van der Waals surface area contributed by atoms with Crippen molar-refractivity contribution in [2.24, 2.45) is 12.8 Å². The van der Waals surface area contributed by atoms with Gasteiger partial charge in [0.25, 0.3) is 0 Å². The minimum Gasteiger partial charge on any atom is -0.328 e. The third-order valence-corrected chi connectivity index (χ3v) is 4.12. The molecule has 0 radical (unpaired) electrons. The number of rotatable bonds is 4. The average molecular weight is 283 g/mol. The molecule has 0 saturated heterocycles. The van der Waals surface area contributed by atoms with Crippen molar-refractivity contribution in [1.29, 1.82) is 0 Å². The van der Waals surface area contributed by atoms with E-state index in [2.05, 4.69) is 10.1 Å². The minimum atomic E-state index is 0.0994. The first-order valence-corrected chi connectivity index (χ1v) is 6.82. The molecule has 0 aliphatic carbocycles. The van der Waals surface area contributed by atoms with Gasteiger partial charge in [-0.2, -0.15) is 5.10 Å². The highest BCUT2D eigenvalue weighted by atomic mass is 35.5. The van der Waals surface area contributed by atoms with E-state index in [1.54, 1.807) is 4.68 Å². The van der Waals surface area contributed by atoms with Gasteiger partial charge >= 0.3 is 0 Å². The topological polar surface area (TPSA) is 56.7 Å². The lowest BCUT2D eigenvalue weighted by Crippen LogP contribution is -2.18. The fourth-order valence-electron chi connectivity index (χ4n) is 1.64. The van der Waals surface area contributed by atoms with Crippen LogP contribution in [0, 0.1) is 0 Å². The third kappa shape index (κ3) is 3.04. The summed E-state index contributed by atoms with van der Waals surface area (Å²) in [6.45, 7) is 1.98. The Morgan fingerprint density at radius 3 is 2.89 bits per heavy atom. The molecule has 1 unspecified atom stereocenters. The van der Waals surface area contributed by atoms with Crippen molar-refractivity contribution in [3.8, 4) is 0 Å². The van der Waals surface area contributed by atoms with Crippen molar-refractivity contribution in [3.63, 3.8) is 0 Å². The number of aryl methyl sites for hydroxylation is 1. The van der Waals surface area contributed by atoms with Crippen LogP contribution < -0.4 is 5.73 Å². The molecule has 0 fully saturated rings. The maximum Gasteiger partial charge on any atom is 0.190 e. The van der Waals surface area contributed by atoms with Gasteiger partial charge in [0.05, 0.1) is 5.02 Å². The van der Waals surface area contributed by atoms with Crippen LogP contribution in [-0.4, -0.2) is 20.8 Å². The van der Waals surface area contributed by atoms with Crippen molar-refractivity contribution in [1.82, 2.24) is 14.8 Å². The standard InChI is InChI=1S/C12H15ClN4S/c1-8(14)6-9-4-3-5-10(13)11(9)18-12-15-7-16-17(12)2/h3-5,7-8H,6,14H2,1-2H3. The second-order valence-corrected chi connectivity index (χ2v) is 5.56. The molecule has 96 valence electrons. The van der Waals surface area contributed by atoms with Gasteiger partial charge in [-0.25, -0.2) is 9.67 Å². The van der Waals surface area contributed by atoms with Gasteiger partial charge in [-0.1, -0.05) is 23.7 Å². The predicted molar refractivity (Wildman–Crippen MR) is 73.9 cm³/mol. The lowest BCUT2D eigenvalue weighted by molar-refractivity contribution is 0.684. The van der Waals surface area contributed by atoms with Gasteiger partial charge in [-0.15, -0.1) is 0 Å². The van der Waals surface area contributed by atoms with Crippen LogP contribution in [0.1, 0.15) is 12.5 Å². The summed E-state index contributed by atoms with van der Waals surface area (Å²) in [5.41, 5.74) is 7.01. The smallest absolute Gasteiger partial charge is 0.190 e. The molecule has 4 nitrogen and oxygen atoms in total. The molecule has 0 saturated carbocycles. The molecule has 2 aromatic rings. The normalized spacial score (nSPS) is 12.7. The lowest BCUT2D eigenvalue weighted by Gasteiger charge is -2.12. The van der Waals surface area contributed by atoms with Crippen molar-refractivity contribution >= 4 is 23.4 Å². The van der Waals surface area contributed by atoms with Crippen molar-refractivity contribution < 1.29 is 0 Å². The Morgan fingerprint density at radius 2 is 2.28 bits per heavy atom. The van der Waals surface area contributed by atoms with Gasteiger partial charge < -0.3 is 5.73 Å². The molecular weight excluding hydrogens is 268 g/mol. The summed E-state index contributed by atoms with van der Waals surface area (Å²) in [6.07, 6.45) is 2.32. The zero-order valence-electron chi connectivity index (χ0n) is 10.3. The van der Waals surface area contributed by atoms with E-state index in [0.29, 0.717) is 0 Å². The van der Waals surface area contributed by atoms with Crippen LogP contribution in [0.2, 0.25) is 5.02 Å². The van der Waals surface area contributed by atoms with Crippen molar-refractivity contribution in [2.45, 2.75) is 29.4 Å². The maximum atomic E-state index is 6.26.